The minimum Gasteiger partial charge on any atom is -0.453 e. The van der Waals surface area contributed by atoms with Crippen molar-refractivity contribution in [2.45, 2.75) is 26.2 Å². The van der Waals surface area contributed by atoms with Crippen molar-refractivity contribution in [1.29, 1.82) is 0 Å². The van der Waals surface area contributed by atoms with Crippen molar-refractivity contribution >= 4 is 17.6 Å². The number of carbonyl (C=O) groups is 2. The molecule has 0 saturated heterocycles. The molecule has 1 amide bonds. The summed E-state index contributed by atoms with van der Waals surface area (Å²) in [5, 5.41) is 4.27. The van der Waals surface area contributed by atoms with E-state index < -0.39 is 11.8 Å². The highest BCUT2D eigenvalue weighted by Gasteiger charge is 2.29. The van der Waals surface area contributed by atoms with E-state index in [2.05, 4.69) is 15.5 Å². The van der Waals surface area contributed by atoms with E-state index in [1.807, 2.05) is 0 Å². The van der Waals surface area contributed by atoms with E-state index in [1.165, 1.54) is 36.7 Å². The van der Waals surface area contributed by atoms with Gasteiger partial charge in [0.2, 0.25) is 5.76 Å². The molecule has 4 rings (SSSR count). The SMILES string of the molecule is Cc1c(C(=O)Oc2ccc(F)cc2)oc2c1/C(=N/NC(=O)c1ccncc1)CCC2. The van der Waals surface area contributed by atoms with Gasteiger partial charge in [0.05, 0.1) is 5.71 Å². The van der Waals surface area contributed by atoms with Crippen LogP contribution < -0.4 is 10.2 Å². The van der Waals surface area contributed by atoms with Gasteiger partial charge in [-0.1, -0.05) is 0 Å². The molecule has 7 nitrogen and oxygen atoms in total. The molecule has 152 valence electrons. The van der Waals surface area contributed by atoms with Crippen LogP contribution in [-0.2, 0) is 6.42 Å². The zero-order valence-electron chi connectivity index (χ0n) is 16.1. The van der Waals surface area contributed by atoms with Gasteiger partial charge in [0, 0.05) is 35.5 Å². The number of carbonyl (C=O) groups excluding carboxylic acids is 2. The lowest BCUT2D eigenvalue weighted by Crippen LogP contribution is -2.22. The van der Waals surface area contributed by atoms with Crippen molar-refractivity contribution in [2.75, 3.05) is 0 Å². The monoisotopic (exact) mass is 407 g/mol. The predicted molar refractivity (Wildman–Crippen MR) is 106 cm³/mol. The molecule has 0 bridgehead atoms. The number of rotatable bonds is 4. The van der Waals surface area contributed by atoms with Crippen LogP contribution in [0.15, 0.2) is 58.3 Å². The van der Waals surface area contributed by atoms with Gasteiger partial charge in [0.25, 0.3) is 5.91 Å². The molecule has 3 aromatic rings. The second-order valence-electron chi connectivity index (χ2n) is 6.79. The van der Waals surface area contributed by atoms with E-state index in [0.717, 1.165) is 6.42 Å². The topological polar surface area (TPSA) is 93.8 Å². The Morgan fingerprint density at radius 2 is 1.87 bits per heavy atom. The summed E-state index contributed by atoms with van der Waals surface area (Å²) in [6.07, 6.45) is 5.12. The molecule has 1 aromatic carbocycles. The zero-order valence-corrected chi connectivity index (χ0v) is 16.1. The average molecular weight is 407 g/mol. The second kappa shape index (κ2) is 8.28. The van der Waals surface area contributed by atoms with Gasteiger partial charge < -0.3 is 9.15 Å². The Kier molecular flexibility index (Phi) is 5.38. The van der Waals surface area contributed by atoms with E-state index in [-0.39, 0.29) is 17.4 Å². The van der Waals surface area contributed by atoms with Gasteiger partial charge >= 0.3 is 5.97 Å². The highest BCUT2D eigenvalue weighted by molar-refractivity contribution is 6.06. The molecular weight excluding hydrogens is 389 g/mol. The van der Waals surface area contributed by atoms with Gasteiger partial charge in [-0.25, -0.2) is 14.6 Å². The summed E-state index contributed by atoms with van der Waals surface area (Å²) < 4.78 is 24.1. The molecule has 2 heterocycles. The van der Waals surface area contributed by atoms with Crippen molar-refractivity contribution in [3.8, 4) is 5.75 Å². The number of furan rings is 1. The van der Waals surface area contributed by atoms with Crippen LogP contribution in [0.5, 0.6) is 5.75 Å². The first-order valence-corrected chi connectivity index (χ1v) is 9.40. The molecule has 0 fully saturated rings. The number of nitrogens with zero attached hydrogens (tertiary/aromatic N) is 2. The van der Waals surface area contributed by atoms with E-state index in [4.69, 9.17) is 9.15 Å². The normalized spacial score (nSPS) is 14.3. The third-order valence-electron chi connectivity index (χ3n) is 4.77. The lowest BCUT2D eigenvalue weighted by atomic mass is 9.93. The number of amides is 1. The molecule has 0 atom stereocenters. The van der Waals surface area contributed by atoms with Gasteiger partial charge in [-0.05, 0) is 56.2 Å². The quantitative estimate of drug-likeness (QED) is 0.403. The van der Waals surface area contributed by atoms with Crippen molar-refractivity contribution in [3.63, 3.8) is 0 Å². The minimum atomic E-state index is -0.673. The van der Waals surface area contributed by atoms with Crippen LogP contribution in [-0.4, -0.2) is 22.6 Å². The number of hydrogen-bond acceptors (Lipinski definition) is 6. The van der Waals surface area contributed by atoms with Crippen LogP contribution >= 0.6 is 0 Å². The third kappa shape index (κ3) is 3.98. The first kappa shape index (κ1) is 19.5. The van der Waals surface area contributed by atoms with Crippen LogP contribution in [0.3, 0.4) is 0 Å². The number of hydrazone groups is 1. The Morgan fingerprint density at radius 3 is 2.60 bits per heavy atom. The number of benzene rings is 1. The van der Waals surface area contributed by atoms with Gasteiger partial charge in [-0.2, -0.15) is 5.10 Å². The Balaban J connectivity index is 1.56. The van der Waals surface area contributed by atoms with E-state index >= 15 is 0 Å². The summed E-state index contributed by atoms with van der Waals surface area (Å²) in [7, 11) is 0. The molecule has 0 saturated carbocycles. The summed E-state index contributed by atoms with van der Waals surface area (Å²) in [5.41, 5.74) is 4.93. The number of hydrogen-bond donors (Lipinski definition) is 1. The molecule has 1 aliphatic carbocycles. The number of aromatic nitrogens is 1. The number of halogens is 1. The molecule has 0 aliphatic heterocycles. The highest BCUT2D eigenvalue weighted by Crippen LogP contribution is 2.30. The molecule has 0 spiro atoms. The summed E-state index contributed by atoms with van der Waals surface area (Å²) in [6.45, 7) is 1.75. The maximum absolute atomic E-state index is 13.0. The Hall–Kier alpha value is -3.81. The molecular formula is C22H18FN3O4. The number of nitrogens with one attached hydrogen (secondary N) is 1. The lowest BCUT2D eigenvalue weighted by Gasteiger charge is -2.13. The number of aryl methyl sites for hydroxylation is 1. The third-order valence-corrected chi connectivity index (χ3v) is 4.77. The first-order chi connectivity index (χ1) is 14.5. The Morgan fingerprint density at radius 1 is 1.13 bits per heavy atom. The number of pyridine rings is 1. The maximum Gasteiger partial charge on any atom is 0.379 e. The fourth-order valence-corrected chi connectivity index (χ4v) is 3.32. The minimum absolute atomic E-state index is 0.0689. The number of ether oxygens (including phenoxy) is 1. The standard InChI is InChI=1S/C22H18FN3O4/c1-13-19-17(25-26-21(27)14-9-11-24-12-10-14)3-2-4-18(19)30-20(13)22(28)29-16-7-5-15(23)6-8-16/h5-12H,2-4H2,1H3,(H,26,27)/b25-17+. The van der Waals surface area contributed by atoms with E-state index in [1.54, 1.807) is 19.1 Å². The van der Waals surface area contributed by atoms with Crippen LogP contribution in [0.1, 0.15) is 50.6 Å². The van der Waals surface area contributed by atoms with Crippen molar-refractivity contribution in [3.05, 3.63) is 82.8 Å². The molecule has 0 unspecified atom stereocenters. The fourth-order valence-electron chi connectivity index (χ4n) is 3.32. The smallest absolute Gasteiger partial charge is 0.379 e. The zero-order chi connectivity index (χ0) is 21.1. The predicted octanol–water partition coefficient (Wildman–Crippen LogP) is 3.81. The fraction of sp³-hybridized carbons (Fsp3) is 0.182. The molecule has 8 heteroatoms. The number of esters is 1. The van der Waals surface area contributed by atoms with E-state index in [9.17, 15) is 14.0 Å². The summed E-state index contributed by atoms with van der Waals surface area (Å²) in [4.78, 5) is 28.7. The van der Waals surface area contributed by atoms with Crippen LogP contribution in [0.2, 0.25) is 0 Å². The summed E-state index contributed by atoms with van der Waals surface area (Å²) in [5.74, 6) is -0.535. The first-order valence-electron chi connectivity index (χ1n) is 9.40. The van der Waals surface area contributed by atoms with Gasteiger partial charge in [-0.3, -0.25) is 9.78 Å². The highest BCUT2D eigenvalue weighted by atomic mass is 19.1. The van der Waals surface area contributed by atoms with Gasteiger partial charge in [0.15, 0.2) is 0 Å². The molecule has 0 radical (unpaired) electrons. The van der Waals surface area contributed by atoms with Gasteiger partial charge in [0.1, 0.15) is 17.3 Å². The number of fused-ring (bicyclic) bond motifs is 1. The lowest BCUT2D eigenvalue weighted by molar-refractivity contribution is 0.0698. The van der Waals surface area contributed by atoms with Crippen molar-refractivity contribution in [2.24, 2.45) is 5.10 Å². The van der Waals surface area contributed by atoms with E-state index in [0.29, 0.717) is 41.0 Å². The van der Waals surface area contributed by atoms with Crippen molar-refractivity contribution < 1.29 is 23.1 Å². The Labute approximate surface area is 171 Å². The largest absolute Gasteiger partial charge is 0.453 e. The van der Waals surface area contributed by atoms with Gasteiger partial charge in [-0.15, -0.1) is 0 Å². The van der Waals surface area contributed by atoms with Crippen LogP contribution in [0.4, 0.5) is 4.39 Å². The summed E-state index contributed by atoms with van der Waals surface area (Å²) >= 11 is 0. The molecule has 30 heavy (non-hydrogen) atoms. The van der Waals surface area contributed by atoms with Crippen molar-refractivity contribution in [1.82, 2.24) is 10.4 Å². The average Bonchev–Trinajstić information content (AvgIpc) is 3.11. The molecule has 2 aromatic heterocycles. The van der Waals surface area contributed by atoms with Crippen LogP contribution in [0.25, 0.3) is 0 Å². The second-order valence-corrected chi connectivity index (χ2v) is 6.79. The Bertz CT molecular complexity index is 1120. The van der Waals surface area contributed by atoms with Crippen LogP contribution in [0, 0.1) is 12.7 Å². The molecule has 1 aliphatic rings. The maximum atomic E-state index is 13.0. The summed E-state index contributed by atoms with van der Waals surface area (Å²) in [6, 6.07) is 8.33. The molecule has 1 N–H and O–H groups in total.